The first-order valence-corrected chi connectivity index (χ1v) is 14.4. The number of nitrogens with zero attached hydrogens (tertiary/aromatic N) is 3. The Morgan fingerprint density at radius 3 is 2.61 bits per heavy atom. The van der Waals surface area contributed by atoms with Crippen LogP contribution >= 0.6 is 15.9 Å². The van der Waals surface area contributed by atoms with Crippen molar-refractivity contribution in [1.82, 2.24) is 14.9 Å². The van der Waals surface area contributed by atoms with E-state index >= 15 is 0 Å². The highest BCUT2D eigenvalue weighted by Crippen LogP contribution is 2.38. The number of benzene rings is 2. The van der Waals surface area contributed by atoms with Crippen molar-refractivity contribution >= 4 is 33.3 Å². The molecule has 7 heteroatoms. The van der Waals surface area contributed by atoms with Crippen LogP contribution in [0.2, 0.25) is 0 Å². The fourth-order valence-corrected chi connectivity index (χ4v) is 6.30. The van der Waals surface area contributed by atoms with Gasteiger partial charge in [-0.1, -0.05) is 30.3 Å². The van der Waals surface area contributed by atoms with Gasteiger partial charge in [0.05, 0.1) is 16.8 Å². The Hall–Kier alpha value is -2.61. The van der Waals surface area contributed by atoms with Crippen molar-refractivity contribution in [2.75, 3.05) is 38.7 Å². The van der Waals surface area contributed by atoms with Gasteiger partial charge in [-0.3, -0.25) is 4.79 Å². The van der Waals surface area contributed by atoms with Gasteiger partial charge in [0.2, 0.25) is 5.95 Å². The van der Waals surface area contributed by atoms with Crippen LogP contribution in [0.5, 0.6) is 0 Å². The van der Waals surface area contributed by atoms with E-state index in [-0.39, 0.29) is 0 Å². The van der Waals surface area contributed by atoms with E-state index < -0.39 is 5.41 Å². The molecule has 0 spiro atoms. The fraction of sp³-hybridized carbons (Fsp3) is 0.452. The molecular formula is C31H37BrN4O2. The number of aryl methyl sites for hydroxylation is 2. The maximum absolute atomic E-state index is 12.6. The Balaban J connectivity index is 1.22. The molecule has 0 atom stereocenters. The van der Waals surface area contributed by atoms with Crippen molar-refractivity contribution in [3.63, 3.8) is 0 Å². The maximum atomic E-state index is 12.6. The van der Waals surface area contributed by atoms with Crippen molar-refractivity contribution in [2.24, 2.45) is 0 Å². The molecule has 0 radical (unpaired) electrons. The Morgan fingerprint density at radius 1 is 1.11 bits per heavy atom. The van der Waals surface area contributed by atoms with Crippen LogP contribution in [0.25, 0.3) is 0 Å². The molecule has 6 nitrogen and oxygen atoms in total. The van der Waals surface area contributed by atoms with Gasteiger partial charge in [0, 0.05) is 37.4 Å². The number of Topliss-reactive ketones (excluding diaryl/α,β-unsaturated/α-hetero) is 1. The number of ether oxygens (including phenoxy) is 1. The van der Waals surface area contributed by atoms with Crippen molar-refractivity contribution in [2.45, 2.75) is 57.3 Å². The van der Waals surface area contributed by atoms with Crippen molar-refractivity contribution < 1.29 is 9.53 Å². The highest BCUT2D eigenvalue weighted by molar-refractivity contribution is 9.10. The van der Waals surface area contributed by atoms with Gasteiger partial charge in [0.1, 0.15) is 5.78 Å². The minimum absolute atomic E-state index is 0.299. The summed E-state index contributed by atoms with van der Waals surface area (Å²) in [5, 5.41) is 3.38. The standard InChI is InChI=1S/C31H37BrN4O2/c1-31(2)28(37)19-24-6-4-5-23(29(24)31)9-12-27-26(32)20-33-30(35-27)34-25-10-7-21(8-11-25)22-13-15-36(16-14-22)17-18-38-3/h4-8,10-11,20,22H,9,12-19H2,1-3H3,(H,33,34,35). The molecule has 1 saturated heterocycles. The summed E-state index contributed by atoms with van der Waals surface area (Å²) in [7, 11) is 1.77. The van der Waals surface area contributed by atoms with Gasteiger partial charge in [0.15, 0.2) is 0 Å². The number of hydrogen-bond donors (Lipinski definition) is 1. The number of likely N-dealkylation sites (tertiary alicyclic amines) is 1. The summed E-state index contributed by atoms with van der Waals surface area (Å²) in [6, 6.07) is 15.0. The molecule has 2 heterocycles. The zero-order chi connectivity index (χ0) is 26.7. The monoisotopic (exact) mass is 576 g/mol. The molecular weight excluding hydrogens is 540 g/mol. The van der Waals surface area contributed by atoms with Gasteiger partial charge in [-0.05, 0) is 109 Å². The first kappa shape index (κ1) is 27.0. The lowest BCUT2D eigenvalue weighted by atomic mass is 9.82. The van der Waals surface area contributed by atoms with E-state index in [9.17, 15) is 4.79 Å². The summed E-state index contributed by atoms with van der Waals surface area (Å²) in [5.74, 6) is 1.50. The molecule has 1 aliphatic heterocycles. The first-order chi connectivity index (χ1) is 18.3. The van der Waals surface area contributed by atoms with Crippen LogP contribution in [0.4, 0.5) is 11.6 Å². The number of hydrogen-bond acceptors (Lipinski definition) is 6. The van der Waals surface area contributed by atoms with Crippen LogP contribution in [0.3, 0.4) is 0 Å². The molecule has 0 unspecified atom stereocenters. The number of nitrogens with one attached hydrogen (secondary N) is 1. The smallest absolute Gasteiger partial charge is 0.227 e. The van der Waals surface area contributed by atoms with Crippen molar-refractivity contribution in [1.29, 1.82) is 0 Å². The third-order valence-corrected chi connectivity index (χ3v) is 8.86. The predicted molar refractivity (Wildman–Crippen MR) is 155 cm³/mol. The number of carbonyl (C=O) groups excluding carboxylic acids is 1. The largest absolute Gasteiger partial charge is 0.383 e. The van der Waals surface area contributed by atoms with Crippen LogP contribution in [0.15, 0.2) is 53.1 Å². The fourth-order valence-electron chi connectivity index (χ4n) is 5.91. The van der Waals surface area contributed by atoms with E-state index in [1.54, 1.807) is 7.11 Å². The number of anilines is 2. The van der Waals surface area contributed by atoms with Gasteiger partial charge < -0.3 is 15.0 Å². The Labute approximate surface area is 234 Å². The number of carbonyl (C=O) groups is 1. The summed E-state index contributed by atoms with van der Waals surface area (Å²) in [6.07, 6.45) is 6.32. The van der Waals surface area contributed by atoms with Crippen LogP contribution in [0, 0.1) is 0 Å². The summed E-state index contributed by atoms with van der Waals surface area (Å²) in [4.78, 5) is 24.4. The predicted octanol–water partition coefficient (Wildman–Crippen LogP) is 6.00. The van der Waals surface area contributed by atoms with Crippen LogP contribution in [-0.4, -0.2) is 54.0 Å². The molecule has 2 aliphatic rings. The molecule has 0 amide bonds. The molecule has 2 aromatic carbocycles. The second-order valence-electron chi connectivity index (χ2n) is 11.0. The van der Waals surface area contributed by atoms with E-state index in [2.05, 4.69) is 73.6 Å². The van der Waals surface area contributed by atoms with Gasteiger partial charge >= 0.3 is 0 Å². The second-order valence-corrected chi connectivity index (χ2v) is 11.9. The average Bonchev–Trinajstić information content (AvgIpc) is 3.16. The van der Waals surface area contributed by atoms with Crippen LogP contribution in [-0.2, 0) is 34.2 Å². The van der Waals surface area contributed by atoms with Gasteiger partial charge in [-0.25, -0.2) is 9.97 Å². The Bertz CT molecular complexity index is 1280. The SMILES string of the molecule is COCCN1CCC(c2ccc(Nc3ncc(Br)c(CCc4cccc5c4C(C)(C)C(=O)C5)n3)cc2)CC1. The lowest BCUT2D eigenvalue weighted by molar-refractivity contribution is -0.121. The van der Waals surface area contributed by atoms with Crippen LogP contribution < -0.4 is 5.32 Å². The van der Waals surface area contributed by atoms with Gasteiger partial charge in [-0.15, -0.1) is 0 Å². The molecule has 1 aliphatic carbocycles. The molecule has 38 heavy (non-hydrogen) atoms. The van der Waals surface area contributed by atoms with E-state index in [0.29, 0.717) is 24.1 Å². The number of rotatable bonds is 9. The van der Waals surface area contributed by atoms with Gasteiger partial charge in [0.25, 0.3) is 0 Å². The summed E-state index contributed by atoms with van der Waals surface area (Å²) in [6.45, 7) is 8.17. The number of ketones is 1. The third kappa shape index (κ3) is 5.85. The quantitative estimate of drug-likeness (QED) is 0.337. The minimum Gasteiger partial charge on any atom is -0.383 e. The topological polar surface area (TPSA) is 67.3 Å². The van der Waals surface area contributed by atoms with Crippen molar-refractivity contribution in [3.05, 3.63) is 81.1 Å². The molecule has 0 saturated carbocycles. The maximum Gasteiger partial charge on any atom is 0.227 e. The third-order valence-electron chi connectivity index (χ3n) is 8.20. The van der Waals surface area contributed by atoms with Gasteiger partial charge in [-0.2, -0.15) is 0 Å². The zero-order valence-corrected chi connectivity index (χ0v) is 24.2. The summed E-state index contributed by atoms with van der Waals surface area (Å²) in [5.41, 5.74) is 6.53. The van der Waals surface area contributed by atoms with E-state index in [1.165, 1.54) is 35.1 Å². The highest BCUT2D eigenvalue weighted by atomic mass is 79.9. The number of halogens is 1. The van der Waals surface area contributed by atoms with E-state index in [0.717, 1.165) is 54.9 Å². The van der Waals surface area contributed by atoms with Crippen molar-refractivity contribution in [3.8, 4) is 0 Å². The minimum atomic E-state index is -0.422. The zero-order valence-electron chi connectivity index (χ0n) is 22.6. The summed E-state index contributed by atoms with van der Waals surface area (Å²) < 4.78 is 6.12. The molecule has 200 valence electrons. The number of fused-ring (bicyclic) bond motifs is 1. The molecule has 3 aromatic rings. The first-order valence-electron chi connectivity index (χ1n) is 13.6. The molecule has 0 bridgehead atoms. The average molecular weight is 578 g/mol. The number of aromatic nitrogens is 2. The van der Waals surface area contributed by atoms with E-state index in [1.807, 2.05) is 20.0 Å². The normalized spacial score (nSPS) is 17.5. The molecule has 1 fully saturated rings. The number of piperidine rings is 1. The Morgan fingerprint density at radius 2 is 1.87 bits per heavy atom. The summed E-state index contributed by atoms with van der Waals surface area (Å²) >= 11 is 3.64. The number of methoxy groups -OCH3 is 1. The Kier molecular flexibility index (Phi) is 8.26. The lowest BCUT2D eigenvalue weighted by Gasteiger charge is -2.32. The highest BCUT2D eigenvalue weighted by Gasteiger charge is 2.39. The lowest BCUT2D eigenvalue weighted by Crippen LogP contribution is -2.35. The molecule has 1 N–H and O–H groups in total. The molecule has 1 aromatic heterocycles. The van der Waals surface area contributed by atoms with E-state index in [4.69, 9.17) is 9.72 Å². The molecule has 5 rings (SSSR count). The van der Waals surface area contributed by atoms with Crippen LogP contribution in [0.1, 0.15) is 60.6 Å². The second kappa shape index (κ2) is 11.6.